The zero-order valence-corrected chi connectivity index (χ0v) is 15.2. The lowest BCUT2D eigenvalue weighted by atomic mass is 10.1. The Hall–Kier alpha value is -2.40. The second-order valence-electron chi connectivity index (χ2n) is 6.73. The number of carbonyl (C=O) groups excluding carboxylic acids is 1. The molecule has 138 valence electrons. The molecule has 1 aliphatic rings. The van der Waals surface area contributed by atoms with Crippen molar-refractivity contribution in [3.05, 3.63) is 65.5 Å². The maximum Gasteiger partial charge on any atom is 0.251 e. The van der Waals surface area contributed by atoms with E-state index in [1.54, 1.807) is 0 Å². The first-order valence-electron chi connectivity index (χ1n) is 9.20. The number of benzene rings is 2. The van der Waals surface area contributed by atoms with Crippen LogP contribution in [-0.2, 0) is 0 Å². The third-order valence-electron chi connectivity index (χ3n) is 4.89. The summed E-state index contributed by atoms with van der Waals surface area (Å²) in [6.45, 7) is 7.49. The highest BCUT2D eigenvalue weighted by Gasteiger charge is 2.17. The van der Waals surface area contributed by atoms with Crippen LogP contribution in [0.2, 0.25) is 0 Å². The number of halogens is 1. The van der Waals surface area contributed by atoms with Crippen LogP contribution in [0.3, 0.4) is 0 Å². The first kappa shape index (κ1) is 18.4. The van der Waals surface area contributed by atoms with Gasteiger partial charge in [-0.3, -0.25) is 9.69 Å². The molecule has 1 aliphatic heterocycles. The molecular formula is C21H26FN3O. The number of amides is 1. The molecule has 1 amide bonds. The predicted octanol–water partition coefficient (Wildman–Crippen LogP) is 3.08. The van der Waals surface area contributed by atoms with E-state index in [2.05, 4.69) is 15.1 Å². The van der Waals surface area contributed by atoms with Gasteiger partial charge in [-0.1, -0.05) is 18.2 Å². The van der Waals surface area contributed by atoms with Gasteiger partial charge in [0.05, 0.1) is 0 Å². The summed E-state index contributed by atoms with van der Waals surface area (Å²) in [5.74, 6) is -0.190. The van der Waals surface area contributed by atoms with E-state index in [-0.39, 0.29) is 11.7 Å². The van der Waals surface area contributed by atoms with E-state index in [0.717, 1.165) is 56.0 Å². The second-order valence-corrected chi connectivity index (χ2v) is 6.73. The van der Waals surface area contributed by atoms with Crippen molar-refractivity contribution in [1.29, 1.82) is 0 Å². The molecule has 0 bridgehead atoms. The Bertz CT molecular complexity index is 724. The summed E-state index contributed by atoms with van der Waals surface area (Å²) in [5.41, 5.74) is 2.83. The Morgan fingerprint density at radius 1 is 1.04 bits per heavy atom. The molecular weight excluding hydrogens is 329 g/mol. The molecule has 1 heterocycles. The van der Waals surface area contributed by atoms with Crippen molar-refractivity contribution in [2.75, 3.05) is 44.2 Å². The molecule has 2 aromatic rings. The average Bonchev–Trinajstić information content (AvgIpc) is 2.66. The molecule has 1 N–H and O–H groups in total. The smallest absolute Gasteiger partial charge is 0.251 e. The van der Waals surface area contributed by atoms with E-state index >= 15 is 0 Å². The normalized spacial score (nSPS) is 15.1. The Kier molecular flexibility index (Phi) is 6.23. The van der Waals surface area contributed by atoms with Gasteiger partial charge >= 0.3 is 0 Å². The lowest BCUT2D eigenvalue weighted by molar-refractivity contribution is 0.0951. The number of nitrogens with zero attached hydrogens (tertiary/aromatic N) is 2. The van der Waals surface area contributed by atoms with Gasteiger partial charge in [-0.2, -0.15) is 0 Å². The number of nitrogens with one attached hydrogen (secondary N) is 1. The lowest BCUT2D eigenvalue weighted by Gasteiger charge is -2.36. The van der Waals surface area contributed by atoms with Gasteiger partial charge in [0, 0.05) is 44.0 Å². The highest BCUT2D eigenvalue weighted by molar-refractivity contribution is 5.95. The van der Waals surface area contributed by atoms with Crippen molar-refractivity contribution in [2.45, 2.75) is 13.3 Å². The van der Waals surface area contributed by atoms with Gasteiger partial charge in [-0.15, -0.1) is 0 Å². The van der Waals surface area contributed by atoms with Gasteiger partial charge in [0.15, 0.2) is 0 Å². The van der Waals surface area contributed by atoms with Gasteiger partial charge < -0.3 is 10.2 Å². The molecule has 1 fully saturated rings. The molecule has 26 heavy (non-hydrogen) atoms. The summed E-state index contributed by atoms with van der Waals surface area (Å²) in [4.78, 5) is 16.9. The van der Waals surface area contributed by atoms with Crippen molar-refractivity contribution >= 4 is 11.6 Å². The molecule has 5 heteroatoms. The minimum atomic E-state index is -0.194. The van der Waals surface area contributed by atoms with Crippen LogP contribution >= 0.6 is 0 Å². The van der Waals surface area contributed by atoms with Crippen LogP contribution in [-0.4, -0.2) is 50.1 Å². The summed E-state index contributed by atoms with van der Waals surface area (Å²) in [7, 11) is 0. The fourth-order valence-electron chi connectivity index (χ4n) is 3.31. The fraction of sp³-hybridized carbons (Fsp3) is 0.381. The van der Waals surface area contributed by atoms with E-state index in [1.165, 1.54) is 12.1 Å². The topological polar surface area (TPSA) is 35.6 Å². The van der Waals surface area contributed by atoms with Gasteiger partial charge in [0.25, 0.3) is 5.91 Å². The summed E-state index contributed by atoms with van der Waals surface area (Å²) < 4.78 is 13.0. The minimum absolute atomic E-state index is 0.00392. The Morgan fingerprint density at radius 2 is 1.73 bits per heavy atom. The van der Waals surface area contributed by atoms with E-state index < -0.39 is 0 Å². The standard InChI is InChI=1S/C21H26FN3O/c1-17-5-2-3-6-20(17)21(26)23-11-4-12-24-13-15-25(16-14-24)19-9-7-18(22)8-10-19/h2-3,5-10H,4,11-16H2,1H3,(H,23,26). The van der Waals surface area contributed by atoms with Crippen LogP contribution < -0.4 is 10.2 Å². The van der Waals surface area contributed by atoms with Crippen LogP contribution in [0.1, 0.15) is 22.3 Å². The van der Waals surface area contributed by atoms with Crippen molar-refractivity contribution in [3.8, 4) is 0 Å². The average molecular weight is 355 g/mol. The fourth-order valence-corrected chi connectivity index (χ4v) is 3.31. The Labute approximate surface area is 154 Å². The Balaban J connectivity index is 1.36. The van der Waals surface area contributed by atoms with Crippen LogP contribution in [0.25, 0.3) is 0 Å². The second kappa shape index (κ2) is 8.81. The van der Waals surface area contributed by atoms with Gasteiger partial charge in [0.2, 0.25) is 0 Å². The monoisotopic (exact) mass is 355 g/mol. The molecule has 0 radical (unpaired) electrons. The van der Waals surface area contributed by atoms with E-state index in [1.807, 2.05) is 43.3 Å². The first-order chi connectivity index (χ1) is 12.6. The molecule has 4 nitrogen and oxygen atoms in total. The number of anilines is 1. The zero-order valence-electron chi connectivity index (χ0n) is 15.2. The third-order valence-corrected chi connectivity index (χ3v) is 4.89. The summed E-state index contributed by atoms with van der Waals surface area (Å²) >= 11 is 0. The number of hydrogen-bond acceptors (Lipinski definition) is 3. The van der Waals surface area contributed by atoms with Crippen LogP contribution in [0.5, 0.6) is 0 Å². The molecule has 0 spiro atoms. The van der Waals surface area contributed by atoms with E-state index in [4.69, 9.17) is 0 Å². The molecule has 0 saturated carbocycles. The predicted molar refractivity (Wildman–Crippen MR) is 103 cm³/mol. The third kappa shape index (κ3) is 4.82. The highest BCUT2D eigenvalue weighted by Crippen LogP contribution is 2.16. The van der Waals surface area contributed by atoms with E-state index in [9.17, 15) is 9.18 Å². The molecule has 0 aromatic heterocycles. The molecule has 3 rings (SSSR count). The van der Waals surface area contributed by atoms with Crippen LogP contribution in [0.15, 0.2) is 48.5 Å². The molecule has 0 unspecified atom stereocenters. The van der Waals surface area contributed by atoms with Crippen LogP contribution in [0.4, 0.5) is 10.1 Å². The maximum atomic E-state index is 13.0. The number of carbonyl (C=O) groups is 1. The molecule has 0 aliphatic carbocycles. The van der Waals surface area contributed by atoms with Crippen molar-refractivity contribution in [3.63, 3.8) is 0 Å². The van der Waals surface area contributed by atoms with Crippen molar-refractivity contribution < 1.29 is 9.18 Å². The van der Waals surface area contributed by atoms with Gasteiger partial charge in [0.1, 0.15) is 5.82 Å². The molecule has 1 saturated heterocycles. The minimum Gasteiger partial charge on any atom is -0.369 e. The zero-order chi connectivity index (χ0) is 18.4. The number of aryl methyl sites for hydroxylation is 1. The van der Waals surface area contributed by atoms with Crippen molar-refractivity contribution in [1.82, 2.24) is 10.2 Å². The van der Waals surface area contributed by atoms with Crippen molar-refractivity contribution in [2.24, 2.45) is 0 Å². The van der Waals surface area contributed by atoms with Gasteiger partial charge in [-0.05, 0) is 55.8 Å². The highest BCUT2D eigenvalue weighted by atomic mass is 19.1. The summed E-state index contributed by atoms with van der Waals surface area (Å²) in [5, 5.41) is 3.01. The Morgan fingerprint density at radius 3 is 2.42 bits per heavy atom. The quantitative estimate of drug-likeness (QED) is 0.809. The SMILES string of the molecule is Cc1ccccc1C(=O)NCCCN1CCN(c2ccc(F)cc2)CC1. The molecule has 0 atom stereocenters. The number of piperazine rings is 1. The molecule has 2 aromatic carbocycles. The number of rotatable bonds is 6. The lowest BCUT2D eigenvalue weighted by Crippen LogP contribution is -2.47. The van der Waals surface area contributed by atoms with Gasteiger partial charge in [-0.25, -0.2) is 4.39 Å². The summed E-state index contributed by atoms with van der Waals surface area (Å²) in [6.07, 6.45) is 0.939. The number of hydrogen-bond donors (Lipinski definition) is 1. The summed E-state index contributed by atoms with van der Waals surface area (Å²) in [6, 6.07) is 14.4. The largest absolute Gasteiger partial charge is 0.369 e. The maximum absolute atomic E-state index is 13.0. The first-order valence-corrected chi connectivity index (χ1v) is 9.20. The van der Waals surface area contributed by atoms with Crippen LogP contribution in [0, 0.1) is 12.7 Å². The van der Waals surface area contributed by atoms with E-state index in [0.29, 0.717) is 6.54 Å².